The Hall–Kier alpha value is -3.30. The summed E-state index contributed by atoms with van der Waals surface area (Å²) in [6.45, 7) is 0. The zero-order valence-electron chi connectivity index (χ0n) is 14.3. The summed E-state index contributed by atoms with van der Waals surface area (Å²) in [6, 6.07) is 9.87. The summed E-state index contributed by atoms with van der Waals surface area (Å²) in [4.78, 5) is 8.59. The van der Waals surface area contributed by atoms with Gasteiger partial charge >= 0.3 is 0 Å². The first-order valence-corrected chi connectivity index (χ1v) is 9.48. The highest BCUT2D eigenvalue weighted by Gasteiger charge is 2.15. The number of ether oxygens (including phenoxy) is 1. The van der Waals surface area contributed by atoms with Gasteiger partial charge in [-0.05, 0) is 30.3 Å². The summed E-state index contributed by atoms with van der Waals surface area (Å²) in [5.74, 6) is 0.682. The van der Waals surface area contributed by atoms with Crippen LogP contribution in [0.25, 0.3) is 27.8 Å². The van der Waals surface area contributed by atoms with Crippen LogP contribution in [0.2, 0.25) is 0 Å². The number of hydrogen-bond acceptors (Lipinski definition) is 6. The second-order valence-corrected chi connectivity index (χ2v) is 7.33. The van der Waals surface area contributed by atoms with E-state index in [9.17, 15) is 8.42 Å². The quantitative estimate of drug-likeness (QED) is 0.579. The fourth-order valence-electron chi connectivity index (χ4n) is 2.91. The Morgan fingerprint density at radius 1 is 1.07 bits per heavy atom. The van der Waals surface area contributed by atoms with Crippen LogP contribution in [0.15, 0.2) is 66.1 Å². The lowest BCUT2D eigenvalue weighted by Gasteiger charge is -2.09. The second-order valence-electron chi connectivity index (χ2n) is 5.77. The maximum Gasteiger partial charge on any atom is 0.238 e. The van der Waals surface area contributed by atoms with E-state index in [1.165, 1.54) is 12.1 Å². The third-order valence-corrected chi connectivity index (χ3v) is 5.06. The molecule has 4 rings (SSSR count). The predicted molar refractivity (Wildman–Crippen MR) is 100 cm³/mol. The van der Waals surface area contributed by atoms with Gasteiger partial charge in [0.2, 0.25) is 10.0 Å². The Morgan fingerprint density at radius 2 is 1.93 bits per heavy atom. The van der Waals surface area contributed by atoms with Crippen molar-refractivity contribution in [3.63, 3.8) is 0 Å². The minimum absolute atomic E-state index is 0.00809. The Labute approximate surface area is 155 Å². The molecule has 0 radical (unpaired) electrons. The average Bonchev–Trinajstić information content (AvgIpc) is 3.11. The average molecular weight is 381 g/mol. The van der Waals surface area contributed by atoms with Crippen LogP contribution in [0.4, 0.5) is 0 Å². The molecule has 0 atom stereocenters. The fraction of sp³-hybridized carbons (Fsp3) is 0.0556. The number of rotatable bonds is 4. The first kappa shape index (κ1) is 17.1. The molecule has 0 spiro atoms. The molecule has 27 heavy (non-hydrogen) atoms. The summed E-state index contributed by atoms with van der Waals surface area (Å²) >= 11 is 0. The molecule has 0 amide bonds. The first-order chi connectivity index (χ1) is 13.0. The van der Waals surface area contributed by atoms with Crippen molar-refractivity contribution in [1.82, 2.24) is 19.7 Å². The van der Waals surface area contributed by atoms with Crippen molar-refractivity contribution in [2.24, 2.45) is 5.14 Å². The van der Waals surface area contributed by atoms with Gasteiger partial charge in [-0.1, -0.05) is 6.07 Å². The van der Waals surface area contributed by atoms with Crippen LogP contribution in [0.3, 0.4) is 0 Å². The number of primary sulfonamides is 1. The van der Waals surface area contributed by atoms with Crippen molar-refractivity contribution in [2.75, 3.05) is 7.11 Å². The van der Waals surface area contributed by atoms with Crippen molar-refractivity contribution in [3.8, 4) is 22.6 Å². The highest BCUT2D eigenvalue weighted by atomic mass is 32.2. The number of nitrogens with zero attached hydrogens (tertiary/aromatic N) is 4. The van der Waals surface area contributed by atoms with E-state index in [0.29, 0.717) is 17.1 Å². The molecule has 0 fully saturated rings. The standard InChI is InChI=1S/C18H15N5O3S/c1-26-17-6-7-20-10-15(17)14-5-8-21-18-16(14)11-22-23(18)12-3-2-4-13(9-12)27(19,24)25/h2-11H,1H3,(H2,19,24,25). The molecular weight excluding hydrogens is 366 g/mol. The van der Waals surface area contributed by atoms with E-state index < -0.39 is 10.0 Å². The van der Waals surface area contributed by atoms with Gasteiger partial charge in [0.1, 0.15) is 5.75 Å². The summed E-state index contributed by atoms with van der Waals surface area (Å²) < 4.78 is 30.3. The SMILES string of the molecule is COc1ccncc1-c1ccnc2c1cnn2-c1cccc(S(N)(=O)=O)c1. The van der Waals surface area contributed by atoms with Crippen molar-refractivity contribution in [1.29, 1.82) is 0 Å². The Kier molecular flexibility index (Phi) is 4.09. The zero-order chi connectivity index (χ0) is 19.0. The lowest BCUT2D eigenvalue weighted by atomic mass is 10.1. The molecule has 0 aliphatic carbocycles. The number of fused-ring (bicyclic) bond motifs is 1. The molecule has 3 heterocycles. The van der Waals surface area contributed by atoms with Crippen LogP contribution in [0.5, 0.6) is 5.75 Å². The summed E-state index contributed by atoms with van der Waals surface area (Å²) in [5, 5.41) is 10.4. The van der Waals surface area contributed by atoms with Crippen LogP contribution in [-0.4, -0.2) is 35.3 Å². The molecule has 0 aliphatic rings. The number of benzene rings is 1. The van der Waals surface area contributed by atoms with E-state index >= 15 is 0 Å². The largest absolute Gasteiger partial charge is 0.496 e. The summed E-state index contributed by atoms with van der Waals surface area (Å²) in [5.41, 5.74) is 2.79. The molecule has 136 valence electrons. The smallest absolute Gasteiger partial charge is 0.238 e. The molecule has 0 unspecified atom stereocenters. The van der Waals surface area contributed by atoms with Gasteiger partial charge in [-0.2, -0.15) is 5.10 Å². The lowest BCUT2D eigenvalue weighted by molar-refractivity contribution is 0.416. The van der Waals surface area contributed by atoms with Crippen molar-refractivity contribution >= 4 is 21.1 Å². The molecule has 8 nitrogen and oxygen atoms in total. The number of pyridine rings is 2. The van der Waals surface area contributed by atoms with Crippen LogP contribution < -0.4 is 9.88 Å². The van der Waals surface area contributed by atoms with E-state index in [2.05, 4.69) is 15.1 Å². The van der Waals surface area contributed by atoms with Crippen molar-refractivity contribution in [2.45, 2.75) is 4.90 Å². The third-order valence-electron chi connectivity index (χ3n) is 4.15. The van der Waals surface area contributed by atoms with Gasteiger partial charge in [-0.15, -0.1) is 0 Å². The van der Waals surface area contributed by atoms with Crippen LogP contribution >= 0.6 is 0 Å². The summed E-state index contributed by atoms with van der Waals surface area (Å²) in [6.07, 6.45) is 6.70. The van der Waals surface area contributed by atoms with Gasteiger partial charge in [-0.3, -0.25) is 4.98 Å². The molecule has 0 saturated heterocycles. The molecule has 3 aromatic heterocycles. The molecule has 9 heteroatoms. The maximum absolute atomic E-state index is 11.6. The number of sulfonamides is 1. The summed E-state index contributed by atoms with van der Waals surface area (Å²) in [7, 11) is -2.22. The Morgan fingerprint density at radius 3 is 2.70 bits per heavy atom. The molecule has 0 aliphatic heterocycles. The van der Waals surface area contributed by atoms with Crippen LogP contribution in [0.1, 0.15) is 0 Å². The minimum Gasteiger partial charge on any atom is -0.496 e. The minimum atomic E-state index is -3.82. The Balaban J connectivity index is 1.92. The third kappa shape index (κ3) is 3.03. The highest BCUT2D eigenvalue weighted by molar-refractivity contribution is 7.89. The normalized spacial score (nSPS) is 11.6. The second kappa shape index (κ2) is 6.45. The fourth-order valence-corrected chi connectivity index (χ4v) is 3.46. The monoisotopic (exact) mass is 381 g/mol. The van der Waals surface area contributed by atoms with E-state index in [4.69, 9.17) is 9.88 Å². The van der Waals surface area contributed by atoms with Gasteiger partial charge < -0.3 is 4.74 Å². The topological polar surface area (TPSA) is 113 Å². The van der Waals surface area contributed by atoms with E-state index in [1.54, 1.807) is 54.8 Å². The van der Waals surface area contributed by atoms with Gasteiger partial charge in [0.15, 0.2) is 5.65 Å². The van der Waals surface area contributed by atoms with Gasteiger partial charge in [0.25, 0.3) is 0 Å². The van der Waals surface area contributed by atoms with Crippen LogP contribution in [0, 0.1) is 0 Å². The molecule has 4 aromatic rings. The maximum atomic E-state index is 11.6. The number of nitrogens with two attached hydrogens (primary N) is 1. The lowest BCUT2D eigenvalue weighted by Crippen LogP contribution is -2.12. The molecule has 1 aromatic carbocycles. The zero-order valence-corrected chi connectivity index (χ0v) is 15.1. The van der Waals surface area contributed by atoms with E-state index in [1.807, 2.05) is 6.07 Å². The molecule has 0 saturated carbocycles. The van der Waals surface area contributed by atoms with Gasteiger partial charge in [0, 0.05) is 35.1 Å². The van der Waals surface area contributed by atoms with E-state index in [0.717, 1.165) is 16.5 Å². The first-order valence-electron chi connectivity index (χ1n) is 7.93. The highest BCUT2D eigenvalue weighted by Crippen LogP contribution is 2.34. The van der Waals surface area contributed by atoms with Crippen LogP contribution in [-0.2, 0) is 10.0 Å². The predicted octanol–water partition coefficient (Wildman–Crippen LogP) is 2.14. The van der Waals surface area contributed by atoms with Crippen molar-refractivity contribution in [3.05, 3.63) is 61.2 Å². The van der Waals surface area contributed by atoms with E-state index in [-0.39, 0.29) is 4.90 Å². The van der Waals surface area contributed by atoms with Crippen molar-refractivity contribution < 1.29 is 13.2 Å². The molecule has 2 N–H and O–H groups in total. The van der Waals surface area contributed by atoms with Gasteiger partial charge in [-0.25, -0.2) is 23.2 Å². The molecular formula is C18H15N5O3S. The molecule has 0 bridgehead atoms. The number of hydrogen-bond donors (Lipinski definition) is 1. The number of methoxy groups -OCH3 is 1. The number of aromatic nitrogens is 4. The Bertz CT molecular complexity index is 1250. The van der Waals surface area contributed by atoms with Gasteiger partial charge in [0.05, 0.1) is 23.9 Å².